The van der Waals surface area contributed by atoms with Crippen molar-refractivity contribution < 1.29 is 32.9 Å². The summed E-state index contributed by atoms with van der Waals surface area (Å²) in [5, 5.41) is 21.1. The Balaban J connectivity index is 1.41. The van der Waals surface area contributed by atoms with Gasteiger partial charge < -0.3 is 14.9 Å². The van der Waals surface area contributed by atoms with Crippen molar-refractivity contribution in [2.24, 2.45) is 5.41 Å². The molecule has 1 saturated heterocycles. The molecule has 1 aliphatic heterocycles. The summed E-state index contributed by atoms with van der Waals surface area (Å²) in [6, 6.07) is 8.11. The Kier molecular flexibility index (Phi) is 7.09. The second-order valence-corrected chi connectivity index (χ2v) is 8.78. The van der Waals surface area contributed by atoms with Crippen molar-refractivity contribution in [3.05, 3.63) is 77.2 Å². The number of aromatic nitrogens is 1. The zero-order valence-electron chi connectivity index (χ0n) is 19.0. The van der Waals surface area contributed by atoms with E-state index >= 15 is 0 Å². The second kappa shape index (κ2) is 10.1. The average molecular weight is 486 g/mol. The molecule has 2 N–H and O–H groups in total. The lowest BCUT2D eigenvalue weighted by Gasteiger charge is -2.47. The van der Waals surface area contributed by atoms with Gasteiger partial charge in [-0.05, 0) is 49.2 Å². The zero-order chi connectivity index (χ0) is 25.2. The Morgan fingerprint density at radius 3 is 2.69 bits per heavy atom. The molecule has 0 saturated carbocycles. The molecule has 35 heavy (non-hydrogen) atoms. The van der Waals surface area contributed by atoms with Crippen molar-refractivity contribution in [1.29, 1.82) is 0 Å². The maximum atomic E-state index is 14.6. The normalized spacial score (nSPS) is 16.4. The minimum absolute atomic E-state index is 0.0394. The highest BCUT2D eigenvalue weighted by Gasteiger charge is 2.48. The number of rotatable bonds is 9. The predicted octanol–water partition coefficient (Wildman–Crippen LogP) is 4.57. The Morgan fingerprint density at radius 1 is 1.20 bits per heavy atom. The van der Waals surface area contributed by atoms with Crippen LogP contribution in [0.15, 0.2) is 48.7 Å². The first-order valence-corrected chi connectivity index (χ1v) is 11.1. The molecule has 2 heterocycles. The Hall–Kier alpha value is -3.43. The van der Waals surface area contributed by atoms with Crippen LogP contribution in [0.1, 0.15) is 30.1 Å². The van der Waals surface area contributed by atoms with Crippen molar-refractivity contribution in [1.82, 2.24) is 9.88 Å². The van der Waals surface area contributed by atoms with E-state index in [2.05, 4.69) is 4.98 Å². The molecule has 4 rings (SSSR count). The largest absolute Gasteiger partial charge is 0.497 e. The SMILES string of the molecule is COc1ccc2ncc(F)c(C(O)CCC3(C(=O)O)CN(CC=Cc4cc(F)ccc4F)C3)c2c1. The molecule has 1 aromatic heterocycles. The van der Waals surface area contributed by atoms with E-state index in [0.717, 1.165) is 24.4 Å². The molecular weight excluding hydrogens is 461 g/mol. The molecule has 9 heteroatoms. The average Bonchev–Trinajstić information content (AvgIpc) is 2.81. The Labute approximate surface area is 200 Å². The van der Waals surface area contributed by atoms with E-state index in [-0.39, 0.29) is 37.1 Å². The van der Waals surface area contributed by atoms with Gasteiger partial charge in [-0.25, -0.2) is 13.2 Å². The number of aliphatic hydroxyl groups excluding tert-OH is 1. The highest BCUT2D eigenvalue weighted by molar-refractivity contribution is 5.84. The fourth-order valence-corrected chi connectivity index (χ4v) is 4.50. The maximum absolute atomic E-state index is 14.6. The number of halogens is 3. The number of fused-ring (bicyclic) bond motifs is 1. The van der Waals surface area contributed by atoms with Gasteiger partial charge in [-0.15, -0.1) is 0 Å². The van der Waals surface area contributed by atoms with Gasteiger partial charge in [0.05, 0.1) is 30.3 Å². The van der Waals surface area contributed by atoms with Crippen LogP contribution in [-0.2, 0) is 4.79 Å². The number of likely N-dealkylation sites (tertiary alicyclic amines) is 1. The van der Waals surface area contributed by atoms with Crippen LogP contribution in [0.25, 0.3) is 17.0 Å². The topological polar surface area (TPSA) is 82.9 Å². The molecule has 0 spiro atoms. The molecule has 1 unspecified atom stereocenters. The highest BCUT2D eigenvalue weighted by atomic mass is 19.1. The number of ether oxygens (including phenoxy) is 1. The van der Waals surface area contributed by atoms with Crippen molar-refractivity contribution in [2.75, 3.05) is 26.7 Å². The van der Waals surface area contributed by atoms with E-state index in [1.807, 2.05) is 4.90 Å². The van der Waals surface area contributed by atoms with Crippen LogP contribution in [0.2, 0.25) is 0 Å². The lowest BCUT2D eigenvalue weighted by atomic mass is 9.75. The number of carboxylic acids is 1. The highest BCUT2D eigenvalue weighted by Crippen LogP contribution is 2.39. The third-order valence-electron chi connectivity index (χ3n) is 6.42. The summed E-state index contributed by atoms with van der Waals surface area (Å²) in [7, 11) is 1.48. The maximum Gasteiger partial charge on any atom is 0.312 e. The first-order chi connectivity index (χ1) is 16.7. The number of aliphatic hydroxyl groups is 1. The van der Waals surface area contributed by atoms with Gasteiger partial charge in [0.25, 0.3) is 0 Å². The van der Waals surface area contributed by atoms with Gasteiger partial charge in [0.2, 0.25) is 0 Å². The second-order valence-electron chi connectivity index (χ2n) is 8.78. The minimum atomic E-state index is -1.23. The minimum Gasteiger partial charge on any atom is -0.497 e. The molecule has 1 fully saturated rings. The quantitative estimate of drug-likeness (QED) is 0.461. The summed E-state index contributed by atoms with van der Waals surface area (Å²) in [6.45, 7) is 0.799. The summed E-state index contributed by atoms with van der Waals surface area (Å²) in [6.07, 6.45) is 3.08. The molecule has 1 aliphatic rings. The molecular formula is C26H25F3N2O4. The molecule has 0 radical (unpaired) electrons. The van der Waals surface area contributed by atoms with Crippen molar-refractivity contribution in [3.8, 4) is 5.75 Å². The fraction of sp³-hybridized carbons (Fsp3) is 0.308. The number of benzene rings is 2. The smallest absolute Gasteiger partial charge is 0.312 e. The number of carbonyl (C=O) groups is 1. The molecule has 0 bridgehead atoms. The van der Waals surface area contributed by atoms with E-state index in [1.165, 1.54) is 13.2 Å². The van der Waals surface area contributed by atoms with E-state index in [4.69, 9.17) is 4.74 Å². The van der Waals surface area contributed by atoms with Crippen LogP contribution >= 0.6 is 0 Å². The van der Waals surface area contributed by atoms with Gasteiger partial charge in [-0.1, -0.05) is 12.2 Å². The van der Waals surface area contributed by atoms with Crippen LogP contribution in [0.4, 0.5) is 13.2 Å². The van der Waals surface area contributed by atoms with Gasteiger partial charge in [0.15, 0.2) is 0 Å². The van der Waals surface area contributed by atoms with E-state index < -0.39 is 34.9 Å². The number of pyridine rings is 1. The number of carboxylic acid groups (broad SMARTS) is 1. The Morgan fingerprint density at radius 2 is 1.97 bits per heavy atom. The zero-order valence-corrected chi connectivity index (χ0v) is 19.0. The predicted molar refractivity (Wildman–Crippen MR) is 124 cm³/mol. The van der Waals surface area contributed by atoms with Crippen LogP contribution in [0.3, 0.4) is 0 Å². The summed E-state index contributed by atoms with van der Waals surface area (Å²) in [5.41, 5.74) is -0.423. The van der Waals surface area contributed by atoms with E-state index in [1.54, 1.807) is 24.3 Å². The third-order valence-corrected chi connectivity index (χ3v) is 6.42. The number of methoxy groups -OCH3 is 1. The van der Waals surface area contributed by atoms with Crippen LogP contribution in [0.5, 0.6) is 5.75 Å². The van der Waals surface area contributed by atoms with E-state index in [0.29, 0.717) is 23.2 Å². The van der Waals surface area contributed by atoms with Crippen LogP contribution < -0.4 is 4.74 Å². The summed E-state index contributed by atoms with van der Waals surface area (Å²) in [5.74, 6) is -2.28. The lowest BCUT2D eigenvalue weighted by Crippen LogP contribution is -2.60. The van der Waals surface area contributed by atoms with Gasteiger partial charge in [-0.3, -0.25) is 14.7 Å². The molecule has 0 aliphatic carbocycles. The molecule has 3 aromatic rings. The standard InChI is InChI=1S/C26H25F3N2O4/c1-35-18-5-7-22-19(12-18)24(21(29)13-30-22)23(32)8-9-26(25(33)34)14-31(15-26)10-2-3-16-11-17(27)4-6-20(16)28/h2-7,11-13,23,32H,8-10,14-15H2,1H3,(H,33,34). The number of hydrogen-bond donors (Lipinski definition) is 2. The number of nitrogens with zero attached hydrogens (tertiary/aromatic N) is 2. The van der Waals surface area contributed by atoms with Crippen LogP contribution in [-0.4, -0.2) is 52.8 Å². The third kappa shape index (κ3) is 5.16. The molecule has 6 nitrogen and oxygen atoms in total. The van der Waals surface area contributed by atoms with Gasteiger partial charge >= 0.3 is 5.97 Å². The summed E-state index contributed by atoms with van der Waals surface area (Å²) < 4.78 is 46.8. The fourth-order valence-electron chi connectivity index (χ4n) is 4.50. The molecule has 184 valence electrons. The Bertz CT molecular complexity index is 1270. The molecule has 2 aromatic carbocycles. The van der Waals surface area contributed by atoms with Crippen molar-refractivity contribution >= 4 is 22.9 Å². The lowest BCUT2D eigenvalue weighted by molar-refractivity contribution is -0.161. The van der Waals surface area contributed by atoms with Gasteiger partial charge in [0, 0.05) is 36.1 Å². The van der Waals surface area contributed by atoms with E-state index in [9.17, 15) is 28.2 Å². The summed E-state index contributed by atoms with van der Waals surface area (Å²) >= 11 is 0. The molecule has 0 amide bonds. The van der Waals surface area contributed by atoms with Crippen molar-refractivity contribution in [2.45, 2.75) is 18.9 Å². The van der Waals surface area contributed by atoms with Crippen molar-refractivity contribution in [3.63, 3.8) is 0 Å². The van der Waals surface area contributed by atoms with Gasteiger partial charge in [0.1, 0.15) is 23.2 Å². The molecule has 1 atom stereocenters. The monoisotopic (exact) mass is 486 g/mol. The number of hydrogen-bond acceptors (Lipinski definition) is 5. The number of aliphatic carboxylic acids is 1. The first kappa shape index (κ1) is 24.7. The first-order valence-electron chi connectivity index (χ1n) is 11.1. The van der Waals surface area contributed by atoms with Crippen LogP contribution in [0, 0.1) is 22.9 Å². The summed E-state index contributed by atoms with van der Waals surface area (Å²) in [4.78, 5) is 17.9. The van der Waals surface area contributed by atoms with Gasteiger partial charge in [-0.2, -0.15) is 0 Å².